The van der Waals surface area contributed by atoms with E-state index in [0.29, 0.717) is 5.76 Å². The monoisotopic (exact) mass is 248 g/mol. The maximum atomic E-state index is 5.64. The van der Waals surface area contributed by atoms with Crippen LogP contribution >= 0.6 is 0 Å². The van der Waals surface area contributed by atoms with Crippen molar-refractivity contribution in [2.75, 3.05) is 7.11 Å². The highest BCUT2D eigenvalue weighted by molar-refractivity contribution is 5.78. The summed E-state index contributed by atoms with van der Waals surface area (Å²) in [5.41, 5.74) is 1.79. The highest BCUT2D eigenvalue weighted by atomic mass is 16.5. The third-order valence-corrected chi connectivity index (χ3v) is 2.85. The van der Waals surface area contributed by atoms with E-state index in [1.54, 1.807) is 7.11 Å². The molecule has 0 saturated heterocycles. The molecule has 0 aliphatic heterocycles. The molecule has 0 aliphatic rings. The van der Waals surface area contributed by atoms with Gasteiger partial charge in [0.05, 0.1) is 7.11 Å². The Morgan fingerprint density at radius 1 is 0.947 bits per heavy atom. The van der Waals surface area contributed by atoms with Crippen molar-refractivity contribution in [3.05, 3.63) is 65.9 Å². The van der Waals surface area contributed by atoms with Crippen molar-refractivity contribution in [3.63, 3.8) is 0 Å². The van der Waals surface area contributed by atoms with Gasteiger partial charge in [-0.05, 0) is 36.3 Å². The smallest absolute Gasteiger partial charge is 0.178 e. The summed E-state index contributed by atoms with van der Waals surface area (Å²) in [6, 6.07) is 17.5. The minimum Gasteiger partial charge on any atom is -0.497 e. The summed E-state index contributed by atoms with van der Waals surface area (Å²) < 4.78 is 10.7. The second kappa shape index (κ2) is 4.91. The predicted molar refractivity (Wildman–Crippen MR) is 75.2 cm³/mol. The topological polar surface area (TPSA) is 22.4 Å². The molecule has 3 aromatic rings. The maximum absolute atomic E-state index is 5.64. The molecule has 2 nitrogen and oxygen atoms in total. The molecular formula is C17H12O2. The van der Waals surface area contributed by atoms with Gasteiger partial charge in [-0.25, -0.2) is 0 Å². The van der Waals surface area contributed by atoms with E-state index in [2.05, 4.69) is 11.8 Å². The summed E-state index contributed by atoms with van der Waals surface area (Å²) in [5, 5.41) is 1.07. The molecule has 0 radical (unpaired) electrons. The van der Waals surface area contributed by atoms with Crippen LogP contribution in [0, 0.1) is 11.8 Å². The number of hydrogen-bond acceptors (Lipinski definition) is 2. The van der Waals surface area contributed by atoms with E-state index in [4.69, 9.17) is 9.15 Å². The highest BCUT2D eigenvalue weighted by Gasteiger charge is 1.99. The van der Waals surface area contributed by atoms with E-state index >= 15 is 0 Å². The molecule has 0 aliphatic carbocycles. The molecule has 3 rings (SSSR count). The van der Waals surface area contributed by atoms with Gasteiger partial charge in [-0.15, -0.1) is 0 Å². The van der Waals surface area contributed by atoms with Gasteiger partial charge >= 0.3 is 0 Å². The third-order valence-electron chi connectivity index (χ3n) is 2.85. The van der Waals surface area contributed by atoms with Crippen molar-refractivity contribution >= 4 is 11.0 Å². The molecule has 0 fully saturated rings. The lowest BCUT2D eigenvalue weighted by Crippen LogP contribution is -1.81. The molecule has 0 unspecified atom stereocenters. The van der Waals surface area contributed by atoms with Gasteiger partial charge in [0.2, 0.25) is 0 Å². The van der Waals surface area contributed by atoms with Crippen molar-refractivity contribution in [2.24, 2.45) is 0 Å². The minimum atomic E-state index is 0.678. The van der Waals surface area contributed by atoms with Crippen LogP contribution in [0.5, 0.6) is 5.75 Å². The van der Waals surface area contributed by atoms with Gasteiger partial charge in [0.1, 0.15) is 11.3 Å². The number of para-hydroxylation sites is 1. The number of furan rings is 1. The summed E-state index contributed by atoms with van der Waals surface area (Å²) in [6.45, 7) is 0. The van der Waals surface area contributed by atoms with Crippen LogP contribution in [-0.4, -0.2) is 7.11 Å². The molecule has 1 aromatic heterocycles. The lowest BCUT2D eigenvalue weighted by molar-refractivity contribution is 0.415. The predicted octanol–water partition coefficient (Wildman–Crippen LogP) is 3.84. The number of methoxy groups -OCH3 is 1. The summed E-state index contributed by atoms with van der Waals surface area (Å²) in [6.07, 6.45) is 0. The van der Waals surface area contributed by atoms with E-state index in [-0.39, 0.29) is 0 Å². The molecule has 2 aromatic carbocycles. The number of benzene rings is 2. The van der Waals surface area contributed by atoms with E-state index < -0.39 is 0 Å². The summed E-state index contributed by atoms with van der Waals surface area (Å²) in [4.78, 5) is 0. The molecule has 0 amide bonds. The van der Waals surface area contributed by atoms with Gasteiger partial charge in [-0.3, -0.25) is 0 Å². The van der Waals surface area contributed by atoms with Gasteiger partial charge in [0, 0.05) is 17.0 Å². The summed E-state index contributed by atoms with van der Waals surface area (Å²) in [7, 11) is 1.65. The fourth-order valence-corrected chi connectivity index (χ4v) is 1.85. The summed E-state index contributed by atoms with van der Waals surface area (Å²) in [5.74, 6) is 7.61. The number of hydrogen-bond donors (Lipinski definition) is 0. The van der Waals surface area contributed by atoms with Crippen LogP contribution in [0.4, 0.5) is 0 Å². The Morgan fingerprint density at radius 3 is 2.47 bits per heavy atom. The van der Waals surface area contributed by atoms with Crippen molar-refractivity contribution in [1.29, 1.82) is 0 Å². The van der Waals surface area contributed by atoms with Gasteiger partial charge < -0.3 is 9.15 Å². The molecule has 92 valence electrons. The van der Waals surface area contributed by atoms with Crippen LogP contribution < -0.4 is 4.74 Å². The molecule has 19 heavy (non-hydrogen) atoms. The van der Waals surface area contributed by atoms with Crippen molar-refractivity contribution < 1.29 is 9.15 Å². The Bertz CT molecular complexity index is 722. The number of ether oxygens (including phenoxy) is 1. The first kappa shape index (κ1) is 11.4. The zero-order valence-corrected chi connectivity index (χ0v) is 10.5. The van der Waals surface area contributed by atoms with Crippen molar-refractivity contribution in [3.8, 4) is 17.6 Å². The molecule has 0 bridgehead atoms. The zero-order chi connectivity index (χ0) is 13.1. The second-order valence-corrected chi connectivity index (χ2v) is 4.13. The standard InChI is InChI=1S/C17H12O2/c1-18-15-9-6-13(7-10-15)8-11-16-12-14-4-2-3-5-17(14)19-16/h2-7,9-10,12H,1H3. The molecular weight excluding hydrogens is 236 g/mol. The quantitative estimate of drug-likeness (QED) is 0.610. The first-order chi connectivity index (χ1) is 9.35. The van der Waals surface area contributed by atoms with Gasteiger partial charge in [-0.1, -0.05) is 24.1 Å². The average molecular weight is 248 g/mol. The lowest BCUT2D eigenvalue weighted by Gasteiger charge is -1.97. The Balaban J connectivity index is 1.89. The van der Waals surface area contributed by atoms with Crippen LogP contribution in [0.15, 0.2) is 59.0 Å². The molecule has 0 spiro atoms. The van der Waals surface area contributed by atoms with Gasteiger partial charge in [0.15, 0.2) is 5.76 Å². The van der Waals surface area contributed by atoms with Gasteiger partial charge in [0.25, 0.3) is 0 Å². The number of fused-ring (bicyclic) bond motifs is 1. The average Bonchev–Trinajstić information content (AvgIpc) is 2.88. The van der Waals surface area contributed by atoms with Crippen molar-refractivity contribution in [2.45, 2.75) is 0 Å². The highest BCUT2D eigenvalue weighted by Crippen LogP contribution is 2.18. The van der Waals surface area contributed by atoms with Crippen molar-refractivity contribution in [1.82, 2.24) is 0 Å². The SMILES string of the molecule is COc1ccc(C#Cc2cc3ccccc3o2)cc1. The van der Waals surface area contributed by atoms with Crippen LogP contribution in [0.1, 0.15) is 11.3 Å². The molecule has 2 heteroatoms. The van der Waals surface area contributed by atoms with Gasteiger partial charge in [-0.2, -0.15) is 0 Å². The fraction of sp³-hybridized carbons (Fsp3) is 0.0588. The minimum absolute atomic E-state index is 0.678. The maximum Gasteiger partial charge on any atom is 0.178 e. The van der Waals surface area contributed by atoms with E-state index in [0.717, 1.165) is 22.3 Å². The van der Waals surface area contributed by atoms with Crippen LogP contribution in [0.25, 0.3) is 11.0 Å². The summed E-state index contributed by atoms with van der Waals surface area (Å²) >= 11 is 0. The first-order valence-corrected chi connectivity index (χ1v) is 6.00. The Hall–Kier alpha value is -2.66. The molecule has 0 N–H and O–H groups in total. The Morgan fingerprint density at radius 2 is 1.74 bits per heavy atom. The van der Waals surface area contributed by atoms with Crippen LogP contribution in [-0.2, 0) is 0 Å². The molecule has 0 atom stereocenters. The van der Waals surface area contributed by atoms with Crippen LogP contribution in [0.2, 0.25) is 0 Å². The zero-order valence-electron chi connectivity index (χ0n) is 10.5. The second-order valence-electron chi connectivity index (χ2n) is 4.13. The molecule has 1 heterocycles. The largest absolute Gasteiger partial charge is 0.497 e. The van der Waals surface area contributed by atoms with E-state index in [1.807, 2.05) is 54.6 Å². The Kier molecular flexibility index (Phi) is 2.96. The van der Waals surface area contributed by atoms with E-state index in [1.165, 1.54) is 0 Å². The first-order valence-electron chi connectivity index (χ1n) is 6.00. The van der Waals surface area contributed by atoms with Crippen LogP contribution in [0.3, 0.4) is 0 Å². The lowest BCUT2D eigenvalue weighted by atomic mass is 10.2. The third kappa shape index (κ3) is 2.46. The molecule has 0 saturated carbocycles. The fourth-order valence-electron chi connectivity index (χ4n) is 1.85. The van der Waals surface area contributed by atoms with E-state index in [9.17, 15) is 0 Å². The normalized spacial score (nSPS) is 9.95. The number of rotatable bonds is 1. The Labute approximate surface area is 111 Å².